The van der Waals surface area contributed by atoms with Crippen LogP contribution >= 0.6 is 31.9 Å². The van der Waals surface area contributed by atoms with Crippen molar-refractivity contribution in [2.24, 2.45) is 0 Å². The Bertz CT molecular complexity index is 1350. The summed E-state index contributed by atoms with van der Waals surface area (Å²) in [6, 6.07) is 11.5. The lowest BCUT2D eigenvalue weighted by molar-refractivity contribution is 0.588. The Morgan fingerprint density at radius 2 is 1.97 bits per heavy atom. The maximum atomic E-state index is 14.5. The van der Waals surface area contributed by atoms with E-state index in [9.17, 15) is 12.8 Å². The summed E-state index contributed by atoms with van der Waals surface area (Å²) in [6.45, 7) is 0.492. The summed E-state index contributed by atoms with van der Waals surface area (Å²) in [5.74, 6) is -0.449. The largest absolute Gasteiger partial charge is 0.352 e. The molecule has 0 aliphatic carbocycles. The van der Waals surface area contributed by atoms with Crippen molar-refractivity contribution < 1.29 is 12.8 Å². The number of halogens is 3. The van der Waals surface area contributed by atoms with Gasteiger partial charge in [0.15, 0.2) is 0 Å². The molecule has 0 aliphatic rings. The number of anilines is 2. The van der Waals surface area contributed by atoms with Crippen molar-refractivity contribution in [1.29, 1.82) is 0 Å². The number of aromatic nitrogens is 2. The third-order valence-corrected chi connectivity index (χ3v) is 7.43. The monoisotopic (exact) mass is 566 g/mol. The molecule has 0 radical (unpaired) electrons. The SMILES string of the molecule is CNCc1cn(S(=O)(=O)c2cccnc2)c2cc(Nc3c(F)cc(Br)cc3Br)ccc12. The lowest BCUT2D eigenvalue weighted by atomic mass is 10.1. The van der Waals surface area contributed by atoms with E-state index in [-0.39, 0.29) is 10.6 Å². The normalized spacial score (nSPS) is 11.7. The summed E-state index contributed by atoms with van der Waals surface area (Å²) >= 11 is 6.62. The van der Waals surface area contributed by atoms with Crippen LogP contribution in [0.4, 0.5) is 15.8 Å². The highest BCUT2D eigenvalue weighted by Gasteiger charge is 2.22. The lowest BCUT2D eigenvalue weighted by Gasteiger charge is -2.12. The molecular weight excluding hydrogens is 551 g/mol. The molecule has 0 spiro atoms. The summed E-state index contributed by atoms with van der Waals surface area (Å²) in [6.07, 6.45) is 4.44. The number of hydrogen-bond acceptors (Lipinski definition) is 5. The molecule has 6 nitrogen and oxygen atoms in total. The van der Waals surface area contributed by atoms with E-state index in [1.807, 2.05) is 6.07 Å². The minimum Gasteiger partial charge on any atom is -0.352 e. The zero-order valence-electron chi connectivity index (χ0n) is 16.2. The zero-order valence-corrected chi connectivity index (χ0v) is 20.2. The van der Waals surface area contributed by atoms with Crippen molar-refractivity contribution in [3.05, 3.63) is 81.4 Å². The van der Waals surface area contributed by atoms with Crippen LogP contribution in [0.1, 0.15) is 5.56 Å². The zero-order chi connectivity index (χ0) is 22.2. The van der Waals surface area contributed by atoms with Gasteiger partial charge in [0.2, 0.25) is 0 Å². The summed E-state index contributed by atoms with van der Waals surface area (Å²) in [5, 5.41) is 6.88. The number of benzene rings is 2. The maximum Gasteiger partial charge on any atom is 0.269 e. The Hall–Kier alpha value is -2.27. The van der Waals surface area contributed by atoms with E-state index < -0.39 is 15.8 Å². The molecule has 0 saturated carbocycles. The van der Waals surface area contributed by atoms with Gasteiger partial charge in [0, 0.05) is 45.2 Å². The van der Waals surface area contributed by atoms with Crippen LogP contribution in [0.25, 0.3) is 10.9 Å². The molecule has 0 fully saturated rings. The van der Waals surface area contributed by atoms with E-state index in [2.05, 4.69) is 47.5 Å². The van der Waals surface area contributed by atoms with Crippen LogP contribution in [0.2, 0.25) is 0 Å². The van der Waals surface area contributed by atoms with Gasteiger partial charge in [0.1, 0.15) is 10.7 Å². The van der Waals surface area contributed by atoms with Crippen LogP contribution in [0.5, 0.6) is 0 Å². The highest BCUT2D eigenvalue weighted by Crippen LogP contribution is 2.34. The first-order chi connectivity index (χ1) is 14.8. The van der Waals surface area contributed by atoms with Crippen molar-refractivity contribution in [2.45, 2.75) is 11.4 Å². The van der Waals surface area contributed by atoms with Crippen LogP contribution in [0.3, 0.4) is 0 Å². The van der Waals surface area contributed by atoms with Crippen LogP contribution in [0, 0.1) is 5.82 Å². The average molecular weight is 568 g/mol. The molecule has 4 aromatic rings. The molecule has 0 amide bonds. The highest BCUT2D eigenvalue weighted by molar-refractivity contribution is 9.11. The number of nitrogens with one attached hydrogen (secondary N) is 2. The standard InChI is InChI=1S/C21H17Br2FN4O2S/c1-25-10-13-12-28(31(29,30)16-3-2-6-26-11-16)20-9-15(4-5-17(13)20)27-21-18(23)7-14(22)8-19(21)24/h2-9,11-12,25,27H,10H2,1H3. The molecule has 31 heavy (non-hydrogen) atoms. The molecule has 2 aromatic heterocycles. The van der Waals surface area contributed by atoms with Crippen molar-refractivity contribution in [1.82, 2.24) is 14.3 Å². The molecule has 2 heterocycles. The Labute approximate surface area is 195 Å². The highest BCUT2D eigenvalue weighted by atomic mass is 79.9. The molecule has 10 heteroatoms. The van der Waals surface area contributed by atoms with Crippen LogP contribution in [-0.4, -0.2) is 24.4 Å². The summed E-state index contributed by atoms with van der Waals surface area (Å²) in [5.41, 5.74) is 2.11. The van der Waals surface area contributed by atoms with E-state index in [1.165, 1.54) is 28.5 Å². The number of rotatable bonds is 6. The van der Waals surface area contributed by atoms with Gasteiger partial charge >= 0.3 is 0 Å². The first-order valence-corrected chi connectivity index (χ1v) is 12.2. The van der Waals surface area contributed by atoms with Crippen LogP contribution < -0.4 is 10.6 Å². The second kappa shape index (κ2) is 8.70. The fraction of sp³-hybridized carbons (Fsp3) is 0.0952. The maximum absolute atomic E-state index is 14.5. The number of pyridine rings is 1. The van der Waals surface area contributed by atoms with E-state index in [1.54, 1.807) is 37.5 Å². The Morgan fingerprint density at radius 3 is 2.65 bits per heavy atom. The molecule has 0 atom stereocenters. The molecule has 4 rings (SSSR count). The van der Waals surface area contributed by atoms with Crippen molar-refractivity contribution in [3.8, 4) is 0 Å². The second-order valence-electron chi connectivity index (χ2n) is 6.78. The fourth-order valence-corrected chi connectivity index (χ4v) is 5.91. The van der Waals surface area contributed by atoms with Gasteiger partial charge in [0.05, 0.1) is 11.2 Å². The summed E-state index contributed by atoms with van der Waals surface area (Å²) in [4.78, 5) is 4.02. The minimum atomic E-state index is -3.87. The van der Waals surface area contributed by atoms with Crippen LogP contribution in [-0.2, 0) is 16.6 Å². The molecule has 0 aliphatic heterocycles. The molecule has 0 saturated heterocycles. The fourth-order valence-electron chi connectivity index (χ4n) is 3.29. The van der Waals surface area contributed by atoms with Gasteiger partial charge in [0.25, 0.3) is 10.0 Å². The van der Waals surface area contributed by atoms with Crippen LogP contribution in [0.15, 0.2) is 74.9 Å². The molecule has 160 valence electrons. The van der Waals surface area contributed by atoms with Crippen molar-refractivity contribution >= 4 is 64.2 Å². The Balaban J connectivity index is 1.86. The first kappa shape index (κ1) is 21.9. The Morgan fingerprint density at radius 1 is 1.16 bits per heavy atom. The average Bonchev–Trinajstić information content (AvgIpc) is 3.10. The number of fused-ring (bicyclic) bond motifs is 1. The predicted molar refractivity (Wildman–Crippen MR) is 127 cm³/mol. The van der Waals surface area contributed by atoms with E-state index >= 15 is 0 Å². The molecule has 2 aromatic carbocycles. The van der Waals surface area contributed by atoms with Gasteiger partial charge in [-0.2, -0.15) is 0 Å². The third kappa shape index (κ3) is 4.25. The smallest absolute Gasteiger partial charge is 0.269 e. The van der Waals surface area contributed by atoms with Gasteiger partial charge in [-0.3, -0.25) is 4.98 Å². The third-order valence-electron chi connectivity index (χ3n) is 4.69. The van der Waals surface area contributed by atoms with Gasteiger partial charge in [-0.25, -0.2) is 16.8 Å². The topological polar surface area (TPSA) is 76.0 Å². The van der Waals surface area contributed by atoms with Gasteiger partial charge in [-0.1, -0.05) is 22.0 Å². The van der Waals surface area contributed by atoms with E-state index in [0.717, 1.165) is 10.9 Å². The van der Waals surface area contributed by atoms with Gasteiger partial charge < -0.3 is 10.6 Å². The quantitative estimate of drug-likeness (QED) is 0.326. The lowest BCUT2D eigenvalue weighted by Crippen LogP contribution is -2.12. The van der Waals surface area contributed by atoms with Gasteiger partial charge in [-0.05, 0) is 64.9 Å². The first-order valence-electron chi connectivity index (χ1n) is 9.17. The predicted octanol–water partition coefficient (Wildman–Crippen LogP) is 5.40. The summed E-state index contributed by atoms with van der Waals surface area (Å²) in [7, 11) is -2.07. The van der Waals surface area contributed by atoms with E-state index in [0.29, 0.717) is 26.7 Å². The Kier molecular flexibility index (Phi) is 6.16. The van der Waals surface area contributed by atoms with E-state index in [4.69, 9.17) is 0 Å². The van der Waals surface area contributed by atoms with Crippen molar-refractivity contribution in [2.75, 3.05) is 12.4 Å². The molecule has 0 unspecified atom stereocenters. The molecule has 0 bridgehead atoms. The number of nitrogens with zero attached hydrogens (tertiary/aromatic N) is 2. The summed E-state index contributed by atoms with van der Waals surface area (Å²) < 4.78 is 43.4. The number of hydrogen-bond donors (Lipinski definition) is 2. The van der Waals surface area contributed by atoms with Crippen molar-refractivity contribution in [3.63, 3.8) is 0 Å². The van der Waals surface area contributed by atoms with Gasteiger partial charge in [-0.15, -0.1) is 0 Å². The molecule has 2 N–H and O–H groups in total. The minimum absolute atomic E-state index is 0.0861. The molecular formula is C21H17Br2FN4O2S. The second-order valence-corrected chi connectivity index (χ2v) is 10.4.